The molecule has 0 amide bonds. The van der Waals surface area contributed by atoms with E-state index in [0.717, 1.165) is 15.7 Å². The van der Waals surface area contributed by atoms with E-state index in [9.17, 15) is 13.6 Å². The fraction of sp³-hybridized carbons (Fsp3) is 0.231. The smallest absolute Gasteiger partial charge is 0.388 e. The fourth-order valence-corrected chi connectivity index (χ4v) is 2.26. The maximum Gasteiger partial charge on any atom is 0.437 e. The van der Waals surface area contributed by atoms with Crippen LogP contribution in [0, 0.1) is 0 Å². The Hall–Kier alpha value is -1.89. The number of nitrogens with zero attached hydrogens (tertiary/aromatic N) is 2. The van der Waals surface area contributed by atoms with Crippen LogP contribution in [-0.2, 0) is 6.54 Å². The van der Waals surface area contributed by atoms with Crippen LogP contribution in [-0.4, -0.2) is 16.0 Å². The number of thioether (sulfide) groups is 1. The molecule has 20 heavy (non-hydrogen) atoms. The zero-order valence-corrected chi connectivity index (χ0v) is 11.5. The SMILES string of the molecule is CSc1ccccc1-c1nn(CCC=C(F)F)c(=O)o1. The molecule has 0 atom stereocenters. The lowest BCUT2D eigenvalue weighted by molar-refractivity contribution is 0.413. The molecule has 0 spiro atoms. The van der Waals surface area contributed by atoms with Crippen molar-refractivity contribution in [3.05, 3.63) is 47.0 Å². The van der Waals surface area contributed by atoms with Crippen LogP contribution in [0.15, 0.2) is 50.5 Å². The van der Waals surface area contributed by atoms with Crippen molar-refractivity contribution in [1.82, 2.24) is 9.78 Å². The Bertz CT molecular complexity index is 675. The molecule has 1 aromatic heterocycles. The number of hydrogen-bond acceptors (Lipinski definition) is 4. The summed E-state index contributed by atoms with van der Waals surface area (Å²) in [4.78, 5) is 12.5. The summed E-state index contributed by atoms with van der Waals surface area (Å²) in [6, 6.07) is 7.37. The molecule has 0 aliphatic rings. The van der Waals surface area contributed by atoms with E-state index in [4.69, 9.17) is 4.42 Å². The number of halogens is 2. The van der Waals surface area contributed by atoms with Gasteiger partial charge in [0.05, 0.1) is 12.1 Å². The summed E-state index contributed by atoms with van der Waals surface area (Å²) in [7, 11) is 0. The molecule has 0 saturated carbocycles. The molecule has 2 rings (SSSR count). The molecule has 4 nitrogen and oxygen atoms in total. The molecule has 0 bridgehead atoms. The van der Waals surface area contributed by atoms with E-state index >= 15 is 0 Å². The predicted molar refractivity (Wildman–Crippen MR) is 72.9 cm³/mol. The van der Waals surface area contributed by atoms with Crippen molar-refractivity contribution in [3.8, 4) is 11.5 Å². The molecule has 106 valence electrons. The highest BCUT2D eigenvalue weighted by molar-refractivity contribution is 7.98. The van der Waals surface area contributed by atoms with Crippen LogP contribution in [0.1, 0.15) is 6.42 Å². The third kappa shape index (κ3) is 3.36. The van der Waals surface area contributed by atoms with Crippen molar-refractivity contribution in [1.29, 1.82) is 0 Å². The first-order valence-electron chi connectivity index (χ1n) is 5.84. The van der Waals surface area contributed by atoms with Crippen molar-refractivity contribution >= 4 is 11.8 Å². The Labute approximate surface area is 118 Å². The Balaban J connectivity index is 2.27. The largest absolute Gasteiger partial charge is 0.437 e. The van der Waals surface area contributed by atoms with Gasteiger partial charge < -0.3 is 4.42 Å². The van der Waals surface area contributed by atoms with Crippen LogP contribution in [0.4, 0.5) is 8.78 Å². The van der Waals surface area contributed by atoms with Gasteiger partial charge in [0.25, 0.3) is 12.0 Å². The van der Waals surface area contributed by atoms with Crippen molar-refractivity contribution < 1.29 is 13.2 Å². The molecule has 0 radical (unpaired) electrons. The van der Waals surface area contributed by atoms with E-state index in [1.54, 1.807) is 6.07 Å². The Kier molecular flexibility index (Phi) is 4.73. The quantitative estimate of drug-likeness (QED) is 0.794. The number of aryl methyl sites for hydroxylation is 1. The minimum Gasteiger partial charge on any atom is -0.388 e. The third-order valence-corrected chi connectivity index (χ3v) is 3.38. The lowest BCUT2D eigenvalue weighted by Crippen LogP contribution is -2.15. The second-order valence-corrected chi connectivity index (χ2v) is 4.73. The summed E-state index contributed by atoms with van der Waals surface area (Å²) in [6.07, 6.45) is 0.909. The van der Waals surface area contributed by atoms with Gasteiger partial charge in [-0.15, -0.1) is 16.9 Å². The van der Waals surface area contributed by atoms with Gasteiger partial charge >= 0.3 is 5.76 Å². The summed E-state index contributed by atoms with van der Waals surface area (Å²) in [5.41, 5.74) is 0.711. The molecule has 1 aromatic carbocycles. The number of rotatable bonds is 5. The van der Waals surface area contributed by atoms with E-state index in [1.807, 2.05) is 24.5 Å². The Morgan fingerprint density at radius 2 is 2.20 bits per heavy atom. The van der Waals surface area contributed by atoms with Crippen molar-refractivity contribution in [3.63, 3.8) is 0 Å². The molecule has 7 heteroatoms. The summed E-state index contributed by atoms with van der Waals surface area (Å²) in [6.45, 7) is 0.0567. The first kappa shape index (κ1) is 14.5. The zero-order valence-electron chi connectivity index (χ0n) is 10.7. The summed E-state index contributed by atoms with van der Waals surface area (Å²) < 4.78 is 30.0. The predicted octanol–water partition coefficient (Wildman–Crippen LogP) is 3.40. The topological polar surface area (TPSA) is 48.0 Å². The summed E-state index contributed by atoms with van der Waals surface area (Å²) in [5, 5.41) is 4.04. The molecule has 1 heterocycles. The molecule has 0 unspecified atom stereocenters. The number of benzene rings is 1. The average molecular weight is 298 g/mol. The van der Waals surface area contributed by atoms with Gasteiger partial charge in [0, 0.05) is 4.90 Å². The fourth-order valence-electron chi connectivity index (χ4n) is 1.67. The molecule has 2 aromatic rings. The third-order valence-electron chi connectivity index (χ3n) is 2.58. The molecular weight excluding hydrogens is 286 g/mol. The minimum absolute atomic E-state index is 0.0262. The molecule has 0 saturated heterocycles. The van der Waals surface area contributed by atoms with Crippen LogP contribution in [0.5, 0.6) is 0 Å². The van der Waals surface area contributed by atoms with E-state index in [1.165, 1.54) is 11.8 Å². The summed E-state index contributed by atoms with van der Waals surface area (Å²) in [5.74, 6) is -0.451. The molecule has 0 N–H and O–H groups in total. The van der Waals surface area contributed by atoms with Gasteiger partial charge in [-0.05, 0) is 30.9 Å². The number of aromatic nitrogens is 2. The molecule has 0 fully saturated rings. The Morgan fingerprint density at radius 3 is 2.90 bits per heavy atom. The lowest BCUT2D eigenvalue weighted by Gasteiger charge is -2.01. The van der Waals surface area contributed by atoms with Crippen molar-refractivity contribution in [2.24, 2.45) is 0 Å². The normalized spacial score (nSPS) is 10.6. The van der Waals surface area contributed by atoms with Gasteiger partial charge in [-0.3, -0.25) is 0 Å². The van der Waals surface area contributed by atoms with Gasteiger partial charge in [-0.25, -0.2) is 4.79 Å². The second-order valence-electron chi connectivity index (χ2n) is 3.88. The number of hydrogen-bond donors (Lipinski definition) is 0. The van der Waals surface area contributed by atoms with E-state index in [0.29, 0.717) is 5.56 Å². The minimum atomic E-state index is -1.77. The van der Waals surface area contributed by atoms with Crippen LogP contribution < -0.4 is 5.76 Å². The lowest BCUT2D eigenvalue weighted by atomic mass is 10.2. The van der Waals surface area contributed by atoms with Gasteiger partial charge in [-0.1, -0.05) is 12.1 Å². The highest BCUT2D eigenvalue weighted by Gasteiger charge is 2.13. The molecule has 0 aliphatic carbocycles. The van der Waals surface area contributed by atoms with E-state index < -0.39 is 11.8 Å². The van der Waals surface area contributed by atoms with Gasteiger partial charge in [-0.2, -0.15) is 13.5 Å². The first-order valence-corrected chi connectivity index (χ1v) is 7.07. The summed E-state index contributed by atoms with van der Waals surface area (Å²) >= 11 is 1.51. The number of allylic oxidation sites excluding steroid dienone is 1. The monoisotopic (exact) mass is 298 g/mol. The van der Waals surface area contributed by atoms with Crippen molar-refractivity contribution in [2.45, 2.75) is 17.9 Å². The maximum atomic E-state index is 11.9. The molecule has 0 aliphatic heterocycles. The first-order chi connectivity index (χ1) is 9.61. The highest BCUT2D eigenvalue weighted by Crippen LogP contribution is 2.27. The van der Waals surface area contributed by atoms with Crippen LogP contribution in [0.2, 0.25) is 0 Å². The van der Waals surface area contributed by atoms with E-state index in [2.05, 4.69) is 5.10 Å². The van der Waals surface area contributed by atoms with Gasteiger partial charge in [0.15, 0.2) is 0 Å². The van der Waals surface area contributed by atoms with Crippen LogP contribution >= 0.6 is 11.8 Å². The zero-order chi connectivity index (χ0) is 14.5. The van der Waals surface area contributed by atoms with Crippen LogP contribution in [0.3, 0.4) is 0 Å². The van der Waals surface area contributed by atoms with Crippen LogP contribution in [0.25, 0.3) is 11.5 Å². The highest BCUT2D eigenvalue weighted by atomic mass is 32.2. The van der Waals surface area contributed by atoms with Crippen molar-refractivity contribution in [2.75, 3.05) is 6.26 Å². The second kappa shape index (κ2) is 6.51. The Morgan fingerprint density at radius 1 is 1.45 bits per heavy atom. The standard InChI is InChI=1S/C13H12F2N2O2S/c1-20-10-6-3-2-5-9(10)12-16-17(13(18)19-12)8-4-7-11(14)15/h2-3,5-7H,4,8H2,1H3. The average Bonchev–Trinajstić information content (AvgIpc) is 2.80. The van der Waals surface area contributed by atoms with Gasteiger partial charge in [0.2, 0.25) is 0 Å². The van der Waals surface area contributed by atoms with Gasteiger partial charge in [0.1, 0.15) is 0 Å². The molecular formula is C13H12F2N2O2S. The maximum absolute atomic E-state index is 11.9. The van der Waals surface area contributed by atoms with E-state index in [-0.39, 0.29) is 18.9 Å².